The van der Waals surface area contributed by atoms with Crippen LogP contribution in [0.2, 0.25) is 0 Å². The van der Waals surface area contributed by atoms with Gasteiger partial charge in [0, 0.05) is 29.9 Å². The lowest BCUT2D eigenvalue weighted by Crippen LogP contribution is -2.13. The van der Waals surface area contributed by atoms with Crippen molar-refractivity contribution in [3.8, 4) is 0 Å². The van der Waals surface area contributed by atoms with E-state index in [0.717, 1.165) is 16.5 Å². The molecule has 0 aliphatic heterocycles. The van der Waals surface area contributed by atoms with E-state index in [1.165, 1.54) is 6.07 Å². The summed E-state index contributed by atoms with van der Waals surface area (Å²) in [4.78, 5) is 24.0. The van der Waals surface area contributed by atoms with Crippen molar-refractivity contribution in [1.29, 1.82) is 0 Å². The van der Waals surface area contributed by atoms with E-state index in [1.807, 2.05) is 33.8 Å². The predicted octanol–water partition coefficient (Wildman–Crippen LogP) is 3.19. The van der Waals surface area contributed by atoms with Crippen LogP contribution < -0.4 is 10.9 Å². The fourth-order valence-electron chi connectivity index (χ4n) is 2.69. The summed E-state index contributed by atoms with van der Waals surface area (Å²) in [7, 11) is 0. The molecule has 1 amide bonds. The number of hydrogen-bond donors (Lipinski definition) is 1. The van der Waals surface area contributed by atoms with Crippen LogP contribution >= 0.6 is 0 Å². The summed E-state index contributed by atoms with van der Waals surface area (Å²) in [6.45, 7) is 8.20. The number of benzene rings is 1. The van der Waals surface area contributed by atoms with E-state index >= 15 is 0 Å². The Balaban J connectivity index is 2.00. The van der Waals surface area contributed by atoms with Crippen molar-refractivity contribution in [2.24, 2.45) is 0 Å². The Bertz CT molecular complexity index is 999. The summed E-state index contributed by atoms with van der Waals surface area (Å²) < 4.78 is 6.96. The Morgan fingerprint density at radius 1 is 1.21 bits per heavy atom. The Morgan fingerprint density at radius 2 is 1.96 bits per heavy atom. The molecule has 1 aromatic carbocycles. The van der Waals surface area contributed by atoms with Crippen LogP contribution in [-0.2, 0) is 6.54 Å². The molecule has 0 saturated heterocycles. The van der Waals surface area contributed by atoms with Gasteiger partial charge in [-0.2, -0.15) is 5.10 Å². The molecule has 0 fully saturated rings. The normalized spacial score (nSPS) is 11.0. The number of hydrogen-bond acceptors (Lipinski definition) is 4. The second-order valence-corrected chi connectivity index (χ2v) is 5.85. The summed E-state index contributed by atoms with van der Waals surface area (Å²) in [6, 6.07) is 5.04. The van der Waals surface area contributed by atoms with Crippen LogP contribution in [0.15, 0.2) is 33.6 Å². The van der Waals surface area contributed by atoms with E-state index in [4.69, 9.17) is 4.42 Å². The highest BCUT2D eigenvalue weighted by atomic mass is 16.4. The van der Waals surface area contributed by atoms with Crippen molar-refractivity contribution < 1.29 is 9.21 Å². The number of aromatic nitrogens is 2. The molecule has 0 aliphatic carbocycles. The van der Waals surface area contributed by atoms with Crippen LogP contribution in [0, 0.1) is 20.8 Å². The molecule has 0 radical (unpaired) electrons. The number of aryl methyl sites for hydroxylation is 4. The van der Waals surface area contributed by atoms with Gasteiger partial charge in [-0.15, -0.1) is 0 Å². The number of amides is 1. The van der Waals surface area contributed by atoms with E-state index in [1.54, 1.807) is 16.9 Å². The molecule has 0 unspecified atom stereocenters. The Kier molecular flexibility index (Phi) is 3.97. The maximum atomic E-state index is 12.6. The van der Waals surface area contributed by atoms with Crippen molar-refractivity contribution in [3.05, 3.63) is 57.2 Å². The number of rotatable bonds is 3. The van der Waals surface area contributed by atoms with Gasteiger partial charge in [0.1, 0.15) is 5.58 Å². The number of carbonyl (C=O) groups is 1. The maximum absolute atomic E-state index is 12.6. The minimum atomic E-state index is -0.376. The lowest BCUT2D eigenvalue weighted by atomic mass is 10.1. The fourth-order valence-corrected chi connectivity index (χ4v) is 2.69. The fraction of sp³-hybridized carbons (Fsp3) is 0.278. The first-order valence-corrected chi connectivity index (χ1v) is 7.79. The summed E-state index contributed by atoms with van der Waals surface area (Å²) in [5, 5.41) is 8.02. The first-order valence-electron chi connectivity index (χ1n) is 7.79. The SMILES string of the molecule is CCn1cc(C(=O)Nc2cc3c(C)cc(=O)oc3cc2C)c(C)n1. The second kappa shape index (κ2) is 5.96. The topological polar surface area (TPSA) is 77.1 Å². The molecular weight excluding hydrogens is 306 g/mol. The summed E-state index contributed by atoms with van der Waals surface area (Å²) >= 11 is 0. The smallest absolute Gasteiger partial charge is 0.336 e. The second-order valence-electron chi connectivity index (χ2n) is 5.85. The molecule has 3 rings (SSSR count). The molecule has 124 valence electrons. The van der Waals surface area contributed by atoms with Crippen LogP contribution in [0.4, 0.5) is 5.69 Å². The van der Waals surface area contributed by atoms with Gasteiger partial charge in [0.25, 0.3) is 5.91 Å². The first-order chi connectivity index (χ1) is 11.4. The van der Waals surface area contributed by atoms with Crippen molar-refractivity contribution in [3.63, 3.8) is 0 Å². The highest BCUT2D eigenvalue weighted by molar-refractivity contribution is 6.06. The van der Waals surface area contributed by atoms with E-state index < -0.39 is 0 Å². The highest BCUT2D eigenvalue weighted by Gasteiger charge is 2.15. The average Bonchev–Trinajstić information content (AvgIpc) is 2.89. The minimum Gasteiger partial charge on any atom is -0.423 e. The third-order valence-corrected chi connectivity index (χ3v) is 4.06. The monoisotopic (exact) mass is 325 g/mol. The zero-order valence-corrected chi connectivity index (χ0v) is 14.1. The number of fused-ring (bicyclic) bond motifs is 1. The standard InChI is InChI=1S/C18H19N3O3/c1-5-21-9-14(12(4)20-21)18(23)19-15-8-13-10(2)7-17(22)24-16(13)6-11(15)3/h6-9H,5H2,1-4H3,(H,19,23). The Hall–Kier alpha value is -2.89. The number of nitrogens with zero attached hydrogens (tertiary/aromatic N) is 2. The van der Waals surface area contributed by atoms with Gasteiger partial charge < -0.3 is 9.73 Å². The molecule has 0 spiro atoms. The maximum Gasteiger partial charge on any atom is 0.336 e. The van der Waals surface area contributed by atoms with E-state index in [0.29, 0.717) is 29.1 Å². The van der Waals surface area contributed by atoms with Crippen molar-refractivity contribution in [1.82, 2.24) is 9.78 Å². The van der Waals surface area contributed by atoms with Gasteiger partial charge in [-0.25, -0.2) is 4.79 Å². The van der Waals surface area contributed by atoms with Gasteiger partial charge in [-0.05, 0) is 51.0 Å². The van der Waals surface area contributed by atoms with Gasteiger partial charge in [0.2, 0.25) is 0 Å². The van der Waals surface area contributed by atoms with Crippen molar-refractivity contribution in [2.75, 3.05) is 5.32 Å². The highest BCUT2D eigenvalue weighted by Crippen LogP contribution is 2.25. The number of carbonyl (C=O) groups excluding carboxylic acids is 1. The third kappa shape index (κ3) is 2.82. The van der Waals surface area contributed by atoms with Gasteiger partial charge in [0.15, 0.2) is 0 Å². The zero-order chi connectivity index (χ0) is 17.4. The number of nitrogens with one attached hydrogen (secondary N) is 1. The molecule has 6 nitrogen and oxygen atoms in total. The van der Waals surface area contributed by atoms with Crippen molar-refractivity contribution in [2.45, 2.75) is 34.2 Å². The minimum absolute atomic E-state index is 0.204. The lowest BCUT2D eigenvalue weighted by molar-refractivity contribution is 0.102. The largest absolute Gasteiger partial charge is 0.423 e. The molecule has 2 heterocycles. The molecule has 0 aliphatic rings. The molecule has 24 heavy (non-hydrogen) atoms. The van der Waals surface area contributed by atoms with Crippen LogP contribution in [0.5, 0.6) is 0 Å². The van der Waals surface area contributed by atoms with Crippen LogP contribution in [0.1, 0.15) is 34.1 Å². The van der Waals surface area contributed by atoms with Crippen LogP contribution in [0.25, 0.3) is 11.0 Å². The van der Waals surface area contributed by atoms with Crippen LogP contribution in [-0.4, -0.2) is 15.7 Å². The molecule has 0 saturated carbocycles. The molecule has 2 aromatic heterocycles. The van der Waals surface area contributed by atoms with Crippen molar-refractivity contribution >= 4 is 22.6 Å². The Morgan fingerprint density at radius 3 is 2.62 bits per heavy atom. The summed E-state index contributed by atoms with van der Waals surface area (Å²) in [5.74, 6) is -0.204. The van der Waals surface area contributed by atoms with E-state index in [9.17, 15) is 9.59 Å². The summed E-state index contributed by atoms with van der Waals surface area (Å²) in [6.07, 6.45) is 1.74. The van der Waals surface area contributed by atoms with Gasteiger partial charge in [-0.3, -0.25) is 9.48 Å². The van der Waals surface area contributed by atoms with Crippen LogP contribution in [0.3, 0.4) is 0 Å². The van der Waals surface area contributed by atoms with Gasteiger partial charge in [0.05, 0.1) is 11.3 Å². The molecule has 0 bridgehead atoms. The van der Waals surface area contributed by atoms with Gasteiger partial charge >= 0.3 is 5.63 Å². The molecule has 0 atom stereocenters. The molecular formula is C18H19N3O3. The molecule has 3 aromatic rings. The molecule has 6 heteroatoms. The molecule has 1 N–H and O–H groups in total. The Labute approximate surface area is 139 Å². The van der Waals surface area contributed by atoms with Gasteiger partial charge in [-0.1, -0.05) is 0 Å². The number of anilines is 1. The zero-order valence-electron chi connectivity index (χ0n) is 14.1. The van der Waals surface area contributed by atoms with E-state index in [2.05, 4.69) is 10.4 Å². The quantitative estimate of drug-likeness (QED) is 0.750. The first kappa shape index (κ1) is 16.0. The lowest BCUT2D eigenvalue weighted by Gasteiger charge is -2.10. The third-order valence-electron chi connectivity index (χ3n) is 4.06. The van der Waals surface area contributed by atoms with E-state index in [-0.39, 0.29) is 11.5 Å². The predicted molar refractivity (Wildman–Crippen MR) is 92.5 cm³/mol. The summed E-state index contributed by atoms with van der Waals surface area (Å²) in [5.41, 5.74) is 3.71. The average molecular weight is 325 g/mol.